The summed E-state index contributed by atoms with van der Waals surface area (Å²) in [6, 6.07) is 8.39. The SMILES string of the molecule is CNC(=O)c1cc(C(=O)N[C@H]2C[C@@H]2C)cc(C(O)c2cccc(F)c2)n1. The Morgan fingerprint density at radius 1 is 1.27 bits per heavy atom. The number of carbonyl (C=O) groups is 2. The fourth-order valence-electron chi connectivity index (χ4n) is 2.69. The highest BCUT2D eigenvalue weighted by Gasteiger charge is 2.34. The lowest BCUT2D eigenvalue weighted by Crippen LogP contribution is -2.28. The van der Waals surface area contributed by atoms with Crippen LogP contribution in [0.3, 0.4) is 0 Å². The topological polar surface area (TPSA) is 91.3 Å². The lowest BCUT2D eigenvalue weighted by molar-refractivity contribution is 0.0949. The van der Waals surface area contributed by atoms with E-state index in [0.717, 1.165) is 6.42 Å². The van der Waals surface area contributed by atoms with E-state index in [0.29, 0.717) is 5.92 Å². The van der Waals surface area contributed by atoms with Crippen LogP contribution in [-0.4, -0.2) is 35.0 Å². The molecule has 26 heavy (non-hydrogen) atoms. The van der Waals surface area contributed by atoms with Gasteiger partial charge < -0.3 is 15.7 Å². The number of hydrogen-bond acceptors (Lipinski definition) is 4. The Morgan fingerprint density at radius 3 is 2.62 bits per heavy atom. The Bertz CT molecular complexity index is 856. The fourth-order valence-corrected chi connectivity index (χ4v) is 2.69. The number of halogens is 1. The van der Waals surface area contributed by atoms with Gasteiger partial charge >= 0.3 is 0 Å². The molecule has 3 atom stereocenters. The van der Waals surface area contributed by atoms with Crippen molar-refractivity contribution in [1.82, 2.24) is 15.6 Å². The summed E-state index contributed by atoms with van der Waals surface area (Å²) in [5, 5.41) is 15.9. The van der Waals surface area contributed by atoms with Crippen molar-refractivity contribution in [3.05, 3.63) is 64.7 Å². The van der Waals surface area contributed by atoms with Crippen molar-refractivity contribution in [3.8, 4) is 0 Å². The number of aliphatic hydroxyl groups is 1. The number of rotatable bonds is 5. The van der Waals surface area contributed by atoms with E-state index in [1.165, 1.54) is 37.4 Å². The van der Waals surface area contributed by atoms with Gasteiger partial charge in [0.05, 0.1) is 5.69 Å². The van der Waals surface area contributed by atoms with Gasteiger partial charge in [-0.1, -0.05) is 19.1 Å². The van der Waals surface area contributed by atoms with Crippen LogP contribution < -0.4 is 10.6 Å². The highest BCUT2D eigenvalue weighted by Crippen LogP contribution is 2.29. The molecule has 1 aliphatic carbocycles. The van der Waals surface area contributed by atoms with Crippen LogP contribution in [0.15, 0.2) is 36.4 Å². The van der Waals surface area contributed by atoms with Gasteiger partial charge in [-0.2, -0.15) is 0 Å². The van der Waals surface area contributed by atoms with Gasteiger partial charge in [0.15, 0.2) is 0 Å². The van der Waals surface area contributed by atoms with Gasteiger partial charge in [-0.3, -0.25) is 9.59 Å². The third-order valence-electron chi connectivity index (χ3n) is 4.44. The number of aromatic nitrogens is 1. The number of nitrogens with zero attached hydrogens (tertiary/aromatic N) is 1. The quantitative estimate of drug-likeness (QED) is 0.761. The maximum atomic E-state index is 13.4. The minimum Gasteiger partial charge on any atom is -0.382 e. The standard InChI is InChI=1S/C19H20FN3O3/c1-10-6-14(10)23-18(25)12-8-15(22-16(9-12)19(26)21-2)17(24)11-4-3-5-13(20)7-11/h3-5,7-10,14,17,24H,6H2,1-2H3,(H,21,26)(H,23,25)/t10-,14-,17?/m0/s1. The molecule has 0 aliphatic heterocycles. The van der Waals surface area contributed by atoms with E-state index in [-0.39, 0.29) is 34.5 Å². The maximum absolute atomic E-state index is 13.4. The summed E-state index contributed by atoms with van der Waals surface area (Å²) in [4.78, 5) is 28.6. The summed E-state index contributed by atoms with van der Waals surface area (Å²) < 4.78 is 13.4. The monoisotopic (exact) mass is 357 g/mol. The first-order valence-corrected chi connectivity index (χ1v) is 8.37. The summed E-state index contributed by atoms with van der Waals surface area (Å²) in [5.41, 5.74) is 0.622. The van der Waals surface area contributed by atoms with Gasteiger partial charge in [0, 0.05) is 18.7 Å². The van der Waals surface area contributed by atoms with Crippen LogP contribution in [0.5, 0.6) is 0 Å². The third-order valence-corrected chi connectivity index (χ3v) is 4.44. The number of aliphatic hydroxyl groups excluding tert-OH is 1. The van der Waals surface area contributed by atoms with E-state index in [1.54, 1.807) is 6.07 Å². The van der Waals surface area contributed by atoms with Crippen molar-refractivity contribution in [2.24, 2.45) is 5.92 Å². The Hall–Kier alpha value is -2.80. The predicted octanol–water partition coefficient (Wildman–Crippen LogP) is 1.80. The highest BCUT2D eigenvalue weighted by atomic mass is 19.1. The van der Waals surface area contributed by atoms with Crippen molar-refractivity contribution in [2.75, 3.05) is 7.05 Å². The zero-order chi connectivity index (χ0) is 18.8. The van der Waals surface area contributed by atoms with Crippen molar-refractivity contribution in [3.63, 3.8) is 0 Å². The second-order valence-electron chi connectivity index (χ2n) is 6.50. The van der Waals surface area contributed by atoms with Gasteiger partial charge in [-0.25, -0.2) is 9.37 Å². The Kier molecular flexibility index (Phi) is 4.99. The molecule has 3 N–H and O–H groups in total. The second-order valence-corrected chi connectivity index (χ2v) is 6.50. The summed E-state index contributed by atoms with van der Waals surface area (Å²) in [7, 11) is 1.45. The average Bonchev–Trinajstić information content (AvgIpc) is 3.34. The van der Waals surface area contributed by atoms with E-state index < -0.39 is 17.8 Å². The van der Waals surface area contributed by atoms with Crippen molar-refractivity contribution in [1.29, 1.82) is 0 Å². The molecule has 1 unspecified atom stereocenters. The number of benzene rings is 1. The summed E-state index contributed by atoms with van der Waals surface area (Å²) in [5.74, 6) is -0.882. The average molecular weight is 357 g/mol. The lowest BCUT2D eigenvalue weighted by atomic mass is 10.0. The minimum atomic E-state index is -1.26. The molecule has 2 aromatic rings. The molecule has 0 spiro atoms. The highest BCUT2D eigenvalue weighted by molar-refractivity contribution is 5.98. The van der Waals surface area contributed by atoms with Crippen LogP contribution in [0.2, 0.25) is 0 Å². The fraction of sp³-hybridized carbons (Fsp3) is 0.316. The first-order valence-electron chi connectivity index (χ1n) is 8.37. The molecule has 1 aliphatic rings. The van der Waals surface area contributed by atoms with Crippen LogP contribution in [0.4, 0.5) is 4.39 Å². The predicted molar refractivity (Wildman–Crippen MR) is 93.1 cm³/mol. The summed E-state index contributed by atoms with van der Waals surface area (Å²) >= 11 is 0. The number of pyridine rings is 1. The molecule has 1 aromatic carbocycles. The Morgan fingerprint density at radius 2 is 2.00 bits per heavy atom. The van der Waals surface area contributed by atoms with Gasteiger partial charge in [-0.15, -0.1) is 0 Å². The number of hydrogen-bond donors (Lipinski definition) is 3. The minimum absolute atomic E-state index is 0.00875. The van der Waals surface area contributed by atoms with Crippen molar-refractivity contribution in [2.45, 2.75) is 25.5 Å². The largest absolute Gasteiger partial charge is 0.382 e. The van der Waals surface area contributed by atoms with E-state index >= 15 is 0 Å². The molecular weight excluding hydrogens is 337 g/mol. The first-order chi connectivity index (χ1) is 12.4. The molecule has 136 valence electrons. The summed E-state index contributed by atoms with van der Waals surface area (Å²) in [6.45, 7) is 2.03. The van der Waals surface area contributed by atoms with Crippen LogP contribution in [0, 0.1) is 11.7 Å². The van der Waals surface area contributed by atoms with Crippen LogP contribution >= 0.6 is 0 Å². The zero-order valence-corrected chi connectivity index (χ0v) is 14.5. The molecule has 3 rings (SSSR count). The van der Waals surface area contributed by atoms with Gasteiger partial charge in [0.25, 0.3) is 11.8 Å². The van der Waals surface area contributed by atoms with E-state index in [4.69, 9.17) is 0 Å². The normalized spacial score (nSPS) is 19.5. The van der Waals surface area contributed by atoms with Crippen molar-refractivity contribution < 1.29 is 19.1 Å². The molecule has 0 bridgehead atoms. The third kappa shape index (κ3) is 3.88. The second kappa shape index (κ2) is 7.21. The molecule has 6 nitrogen and oxygen atoms in total. The Balaban J connectivity index is 1.96. The number of amides is 2. The molecule has 1 saturated carbocycles. The van der Waals surface area contributed by atoms with Crippen molar-refractivity contribution >= 4 is 11.8 Å². The van der Waals surface area contributed by atoms with Gasteiger partial charge in [-0.05, 0) is 42.2 Å². The van der Waals surface area contributed by atoms with Crippen LogP contribution in [0.1, 0.15) is 51.6 Å². The number of carbonyl (C=O) groups excluding carboxylic acids is 2. The zero-order valence-electron chi connectivity index (χ0n) is 14.5. The summed E-state index contributed by atoms with van der Waals surface area (Å²) in [6.07, 6.45) is -0.348. The molecule has 2 amide bonds. The molecule has 1 aromatic heterocycles. The number of nitrogens with one attached hydrogen (secondary N) is 2. The molecule has 1 heterocycles. The molecule has 0 radical (unpaired) electrons. The first kappa shape index (κ1) is 18.0. The maximum Gasteiger partial charge on any atom is 0.269 e. The van der Waals surface area contributed by atoms with Gasteiger partial charge in [0.1, 0.15) is 17.6 Å². The lowest BCUT2D eigenvalue weighted by Gasteiger charge is -2.14. The van der Waals surface area contributed by atoms with E-state index in [2.05, 4.69) is 15.6 Å². The van der Waals surface area contributed by atoms with Gasteiger partial charge in [0.2, 0.25) is 0 Å². The molecular formula is C19H20FN3O3. The molecule has 1 fully saturated rings. The van der Waals surface area contributed by atoms with E-state index in [1.807, 2.05) is 6.92 Å². The molecule has 7 heteroatoms. The molecule has 0 saturated heterocycles. The van der Waals surface area contributed by atoms with Crippen LogP contribution in [0.25, 0.3) is 0 Å². The Labute approximate surface area is 150 Å². The van der Waals surface area contributed by atoms with Crippen LogP contribution in [-0.2, 0) is 0 Å². The van der Waals surface area contributed by atoms with E-state index in [9.17, 15) is 19.1 Å². The smallest absolute Gasteiger partial charge is 0.269 e.